The first kappa shape index (κ1) is 15.3. The highest BCUT2D eigenvalue weighted by molar-refractivity contribution is 7.10. The maximum atomic E-state index is 12.3. The molecule has 2 rings (SSSR count). The predicted octanol–water partition coefficient (Wildman–Crippen LogP) is 3.35. The van der Waals surface area contributed by atoms with Gasteiger partial charge in [0.15, 0.2) is 0 Å². The van der Waals surface area contributed by atoms with Gasteiger partial charge in [0.1, 0.15) is 0 Å². The van der Waals surface area contributed by atoms with Crippen LogP contribution in [0.2, 0.25) is 0 Å². The molecule has 0 atom stereocenters. The first-order valence-corrected chi connectivity index (χ1v) is 7.55. The summed E-state index contributed by atoms with van der Waals surface area (Å²) in [6, 6.07) is 7.70. The molecule has 21 heavy (non-hydrogen) atoms. The molecule has 0 spiro atoms. The molecule has 0 aliphatic heterocycles. The number of para-hydroxylation sites is 1. The van der Waals surface area contributed by atoms with Crippen molar-refractivity contribution in [1.29, 1.82) is 0 Å². The summed E-state index contributed by atoms with van der Waals surface area (Å²) in [5.41, 5.74) is 3.56. The molecule has 0 saturated carbocycles. The van der Waals surface area contributed by atoms with E-state index in [9.17, 15) is 4.79 Å². The number of amides is 1. The Balaban J connectivity index is 2.13. The molecule has 0 bridgehead atoms. The Kier molecular flexibility index (Phi) is 5.15. The molecule has 0 aliphatic carbocycles. The number of aliphatic hydroxyl groups excluding tert-OH is 1. The standard InChI is InChI=1S/C17H17NO2S/c1-12-6-5-7-13(2)16(12)18-17(20)14-10-15(21-11-14)8-3-4-9-19/h5-7,10-11,19H,4,9H2,1-2H3,(H,18,20). The van der Waals surface area contributed by atoms with Gasteiger partial charge in [0.25, 0.3) is 5.91 Å². The Bertz CT molecular complexity index is 687. The first-order valence-electron chi connectivity index (χ1n) is 6.67. The lowest BCUT2D eigenvalue weighted by molar-refractivity contribution is 0.102. The molecule has 1 aromatic heterocycles. The first-order chi connectivity index (χ1) is 10.1. The fourth-order valence-electron chi connectivity index (χ4n) is 1.92. The number of carbonyl (C=O) groups is 1. The lowest BCUT2D eigenvalue weighted by Crippen LogP contribution is -2.12. The molecule has 0 radical (unpaired) electrons. The van der Waals surface area contributed by atoms with Gasteiger partial charge in [-0.05, 0) is 31.0 Å². The minimum absolute atomic E-state index is 0.0538. The normalized spacial score (nSPS) is 9.86. The van der Waals surface area contributed by atoms with Crippen molar-refractivity contribution < 1.29 is 9.90 Å². The molecule has 0 saturated heterocycles. The lowest BCUT2D eigenvalue weighted by Gasteiger charge is -2.10. The highest BCUT2D eigenvalue weighted by Crippen LogP contribution is 2.21. The molecule has 1 amide bonds. The van der Waals surface area contributed by atoms with Crippen LogP contribution in [0, 0.1) is 25.7 Å². The van der Waals surface area contributed by atoms with E-state index in [0.717, 1.165) is 21.7 Å². The van der Waals surface area contributed by atoms with E-state index in [-0.39, 0.29) is 12.5 Å². The van der Waals surface area contributed by atoms with Crippen LogP contribution in [0.5, 0.6) is 0 Å². The number of benzene rings is 1. The largest absolute Gasteiger partial charge is 0.395 e. The molecule has 3 nitrogen and oxygen atoms in total. The van der Waals surface area contributed by atoms with Crippen LogP contribution in [0.1, 0.15) is 32.8 Å². The van der Waals surface area contributed by atoms with Crippen LogP contribution in [0.15, 0.2) is 29.6 Å². The zero-order chi connectivity index (χ0) is 15.2. The van der Waals surface area contributed by atoms with E-state index < -0.39 is 0 Å². The number of thiophene rings is 1. The van der Waals surface area contributed by atoms with Crippen molar-refractivity contribution in [2.45, 2.75) is 20.3 Å². The van der Waals surface area contributed by atoms with E-state index in [4.69, 9.17) is 5.11 Å². The molecule has 2 aromatic rings. The van der Waals surface area contributed by atoms with Gasteiger partial charge < -0.3 is 10.4 Å². The Hall–Kier alpha value is -2.09. The summed E-state index contributed by atoms with van der Waals surface area (Å²) < 4.78 is 0. The van der Waals surface area contributed by atoms with Gasteiger partial charge in [-0.25, -0.2) is 0 Å². The minimum Gasteiger partial charge on any atom is -0.395 e. The zero-order valence-corrected chi connectivity index (χ0v) is 12.9. The van der Waals surface area contributed by atoms with E-state index in [0.29, 0.717) is 12.0 Å². The molecule has 1 heterocycles. The van der Waals surface area contributed by atoms with Gasteiger partial charge in [-0.15, -0.1) is 11.3 Å². The number of rotatable bonds is 3. The monoisotopic (exact) mass is 299 g/mol. The predicted molar refractivity (Wildman–Crippen MR) is 86.8 cm³/mol. The molecular formula is C17H17NO2S. The van der Waals surface area contributed by atoms with Crippen LogP contribution in [0.3, 0.4) is 0 Å². The molecule has 108 valence electrons. The van der Waals surface area contributed by atoms with E-state index in [2.05, 4.69) is 17.2 Å². The molecule has 4 heteroatoms. The van der Waals surface area contributed by atoms with Crippen molar-refractivity contribution in [2.24, 2.45) is 0 Å². The van der Waals surface area contributed by atoms with Gasteiger partial charge in [-0.1, -0.05) is 30.0 Å². The summed E-state index contributed by atoms with van der Waals surface area (Å²) in [4.78, 5) is 13.1. The van der Waals surface area contributed by atoms with Crippen molar-refractivity contribution in [1.82, 2.24) is 0 Å². The van der Waals surface area contributed by atoms with Gasteiger partial charge in [-0.3, -0.25) is 4.79 Å². The topological polar surface area (TPSA) is 49.3 Å². The number of carbonyl (C=O) groups excluding carboxylic acids is 1. The molecule has 1 aromatic carbocycles. The third kappa shape index (κ3) is 3.94. The SMILES string of the molecule is Cc1cccc(C)c1NC(=O)c1csc(C#CCCO)c1. The fraction of sp³-hybridized carbons (Fsp3) is 0.235. The van der Waals surface area contributed by atoms with Gasteiger partial charge in [0.2, 0.25) is 0 Å². The Morgan fingerprint density at radius 1 is 1.33 bits per heavy atom. The van der Waals surface area contributed by atoms with Gasteiger partial charge in [-0.2, -0.15) is 0 Å². The molecule has 0 aliphatic rings. The minimum atomic E-state index is -0.126. The maximum Gasteiger partial charge on any atom is 0.256 e. The average Bonchev–Trinajstić information content (AvgIpc) is 2.92. The van der Waals surface area contributed by atoms with E-state index in [1.54, 1.807) is 11.4 Å². The number of aryl methyl sites for hydroxylation is 2. The Labute approximate surface area is 128 Å². The summed E-state index contributed by atoms with van der Waals surface area (Å²) in [5, 5.41) is 13.4. The van der Waals surface area contributed by atoms with Crippen molar-refractivity contribution in [2.75, 3.05) is 11.9 Å². The van der Waals surface area contributed by atoms with E-state index >= 15 is 0 Å². The van der Waals surface area contributed by atoms with Gasteiger partial charge in [0, 0.05) is 17.5 Å². The Morgan fingerprint density at radius 2 is 2.05 bits per heavy atom. The van der Waals surface area contributed by atoms with Crippen molar-refractivity contribution in [3.05, 3.63) is 51.2 Å². The van der Waals surface area contributed by atoms with E-state index in [1.807, 2.05) is 32.0 Å². The number of anilines is 1. The summed E-state index contributed by atoms with van der Waals surface area (Å²) in [6.45, 7) is 4.00. The fourth-order valence-corrected chi connectivity index (χ4v) is 2.68. The van der Waals surface area contributed by atoms with Crippen LogP contribution in [-0.4, -0.2) is 17.6 Å². The molecule has 0 fully saturated rings. The zero-order valence-electron chi connectivity index (χ0n) is 12.1. The summed E-state index contributed by atoms with van der Waals surface area (Å²) in [7, 11) is 0. The van der Waals surface area contributed by atoms with Crippen LogP contribution < -0.4 is 5.32 Å². The highest BCUT2D eigenvalue weighted by atomic mass is 32.1. The maximum absolute atomic E-state index is 12.3. The third-order valence-corrected chi connectivity index (χ3v) is 3.88. The molecule has 2 N–H and O–H groups in total. The van der Waals surface area contributed by atoms with Crippen molar-refractivity contribution in [3.63, 3.8) is 0 Å². The van der Waals surface area contributed by atoms with Crippen LogP contribution in [-0.2, 0) is 0 Å². The van der Waals surface area contributed by atoms with Gasteiger partial charge >= 0.3 is 0 Å². The summed E-state index contributed by atoms with van der Waals surface area (Å²) >= 11 is 1.43. The lowest BCUT2D eigenvalue weighted by atomic mass is 10.1. The van der Waals surface area contributed by atoms with Crippen molar-refractivity contribution >= 4 is 22.9 Å². The number of aliphatic hydroxyl groups is 1. The Morgan fingerprint density at radius 3 is 2.71 bits per heavy atom. The third-order valence-electron chi connectivity index (χ3n) is 3.03. The number of hydrogen-bond acceptors (Lipinski definition) is 3. The molecular weight excluding hydrogens is 282 g/mol. The van der Waals surface area contributed by atoms with Gasteiger partial charge in [0.05, 0.1) is 17.0 Å². The average molecular weight is 299 g/mol. The second-order valence-corrected chi connectivity index (χ2v) is 5.61. The summed E-state index contributed by atoms with van der Waals surface area (Å²) in [6.07, 6.45) is 0.446. The van der Waals surface area contributed by atoms with Crippen LogP contribution >= 0.6 is 11.3 Å². The second kappa shape index (κ2) is 7.07. The number of hydrogen-bond donors (Lipinski definition) is 2. The smallest absolute Gasteiger partial charge is 0.256 e. The van der Waals surface area contributed by atoms with Crippen molar-refractivity contribution in [3.8, 4) is 11.8 Å². The second-order valence-electron chi connectivity index (χ2n) is 4.70. The summed E-state index contributed by atoms with van der Waals surface area (Å²) in [5.74, 6) is 5.66. The quantitative estimate of drug-likeness (QED) is 0.854. The van der Waals surface area contributed by atoms with Crippen LogP contribution in [0.25, 0.3) is 0 Å². The number of nitrogens with one attached hydrogen (secondary N) is 1. The highest BCUT2D eigenvalue weighted by Gasteiger charge is 2.11. The van der Waals surface area contributed by atoms with E-state index in [1.165, 1.54) is 11.3 Å². The molecule has 0 unspecified atom stereocenters. The van der Waals surface area contributed by atoms with Crippen LogP contribution in [0.4, 0.5) is 5.69 Å².